The fourth-order valence-electron chi connectivity index (χ4n) is 0.966. The quantitative estimate of drug-likeness (QED) is 0.556. The van der Waals surface area contributed by atoms with E-state index in [1.165, 1.54) is 25.9 Å². The predicted octanol–water partition coefficient (Wildman–Crippen LogP) is 1.10. The standard InChI is InChI=1S/C6H13N.C2H4O2/c1-6-2-4-7-5-3-6;1-2(3)4/h6-7H,2-5H2,1H3;1H3,(H,3,4). The minimum Gasteiger partial charge on any atom is -0.481 e. The molecule has 0 amide bonds. The summed E-state index contributed by atoms with van der Waals surface area (Å²) in [7, 11) is 0. The van der Waals surface area contributed by atoms with Crippen LogP contribution in [0.1, 0.15) is 26.7 Å². The van der Waals surface area contributed by atoms with Crippen LogP contribution in [0.3, 0.4) is 0 Å². The Kier molecular flexibility index (Phi) is 5.84. The number of carboxylic acids is 1. The Morgan fingerprint density at radius 1 is 1.45 bits per heavy atom. The molecule has 66 valence electrons. The first-order valence-corrected chi connectivity index (χ1v) is 4.03. The van der Waals surface area contributed by atoms with Crippen LogP contribution < -0.4 is 5.32 Å². The summed E-state index contributed by atoms with van der Waals surface area (Å²) in [4.78, 5) is 9.00. The van der Waals surface area contributed by atoms with E-state index < -0.39 is 5.97 Å². The van der Waals surface area contributed by atoms with Crippen molar-refractivity contribution >= 4 is 5.97 Å². The van der Waals surface area contributed by atoms with Crippen molar-refractivity contribution in [2.75, 3.05) is 13.1 Å². The van der Waals surface area contributed by atoms with Gasteiger partial charge in [0.05, 0.1) is 0 Å². The lowest BCUT2D eigenvalue weighted by molar-refractivity contribution is -0.134. The van der Waals surface area contributed by atoms with Crippen LogP contribution in [0.4, 0.5) is 0 Å². The first-order chi connectivity index (χ1) is 5.13. The lowest BCUT2D eigenvalue weighted by Gasteiger charge is -2.17. The summed E-state index contributed by atoms with van der Waals surface area (Å²) in [6, 6.07) is 0. The van der Waals surface area contributed by atoms with E-state index in [4.69, 9.17) is 9.90 Å². The number of nitrogens with one attached hydrogen (secondary N) is 1. The molecule has 2 N–H and O–H groups in total. The Hall–Kier alpha value is -0.570. The monoisotopic (exact) mass is 159 g/mol. The van der Waals surface area contributed by atoms with Crippen molar-refractivity contribution in [2.45, 2.75) is 26.7 Å². The van der Waals surface area contributed by atoms with Gasteiger partial charge >= 0.3 is 0 Å². The highest BCUT2D eigenvalue weighted by molar-refractivity contribution is 5.62. The molecule has 0 aliphatic carbocycles. The Labute approximate surface area is 67.8 Å². The normalized spacial score (nSPS) is 18.4. The summed E-state index contributed by atoms with van der Waals surface area (Å²) in [5, 5.41) is 10.7. The molecular formula is C8H17NO2. The highest BCUT2D eigenvalue weighted by Gasteiger charge is 2.04. The van der Waals surface area contributed by atoms with Gasteiger partial charge < -0.3 is 10.4 Å². The first kappa shape index (κ1) is 10.4. The largest absolute Gasteiger partial charge is 0.481 e. The molecule has 1 aliphatic rings. The Bertz CT molecular complexity index is 105. The third kappa shape index (κ3) is 9.43. The summed E-state index contributed by atoms with van der Waals surface area (Å²) in [5.41, 5.74) is 0. The zero-order chi connectivity index (χ0) is 8.69. The summed E-state index contributed by atoms with van der Waals surface area (Å²) < 4.78 is 0. The highest BCUT2D eigenvalue weighted by Crippen LogP contribution is 2.08. The molecule has 0 aromatic carbocycles. The molecule has 3 heteroatoms. The second-order valence-electron chi connectivity index (χ2n) is 2.95. The Morgan fingerprint density at radius 3 is 2.00 bits per heavy atom. The van der Waals surface area contributed by atoms with Gasteiger partial charge in [-0.15, -0.1) is 0 Å². The average molecular weight is 159 g/mol. The van der Waals surface area contributed by atoms with Crippen LogP contribution in [-0.2, 0) is 4.79 Å². The van der Waals surface area contributed by atoms with E-state index in [1.807, 2.05) is 0 Å². The van der Waals surface area contributed by atoms with E-state index in [1.54, 1.807) is 0 Å². The molecule has 1 aliphatic heterocycles. The lowest BCUT2D eigenvalue weighted by Crippen LogP contribution is -2.26. The van der Waals surface area contributed by atoms with E-state index in [0.29, 0.717) is 0 Å². The minimum absolute atomic E-state index is 0.833. The van der Waals surface area contributed by atoms with Gasteiger partial charge in [0.25, 0.3) is 5.97 Å². The van der Waals surface area contributed by atoms with Crippen molar-refractivity contribution in [3.05, 3.63) is 0 Å². The molecule has 0 aromatic heterocycles. The Balaban J connectivity index is 0.000000218. The van der Waals surface area contributed by atoms with Crippen LogP contribution in [0, 0.1) is 5.92 Å². The van der Waals surface area contributed by atoms with Crippen molar-refractivity contribution in [3.8, 4) is 0 Å². The van der Waals surface area contributed by atoms with E-state index in [9.17, 15) is 0 Å². The summed E-state index contributed by atoms with van der Waals surface area (Å²) in [6.45, 7) is 5.88. The van der Waals surface area contributed by atoms with Gasteiger partial charge in [-0.25, -0.2) is 0 Å². The zero-order valence-electron chi connectivity index (χ0n) is 7.26. The van der Waals surface area contributed by atoms with Crippen LogP contribution in [0.25, 0.3) is 0 Å². The van der Waals surface area contributed by atoms with Gasteiger partial charge in [0.15, 0.2) is 0 Å². The van der Waals surface area contributed by atoms with Crippen LogP contribution in [0.15, 0.2) is 0 Å². The molecule has 0 bridgehead atoms. The summed E-state index contributed by atoms with van der Waals surface area (Å²) >= 11 is 0. The van der Waals surface area contributed by atoms with Crippen LogP contribution >= 0.6 is 0 Å². The summed E-state index contributed by atoms with van der Waals surface area (Å²) in [5.74, 6) is 0.140. The van der Waals surface area contributed by atoms with Gasteiger partial charge in [0.2, 0.25) is 0 Å². The summed E-state index contributed by atoms with van der Waals surface area (Å²) in [6.07, 6.45) is 2.75. The van der Waals surface area contributed by atoms with Crippen molar-refractivity contribution < 1.29 is 9.90 Å². The molecule has 1 rings (SSSR count). The van der Waals surface area contributed by atoms with Crippen molar-refractivity contribution in [3.63, 3.8) is 0 Å². The van der Waals surface area contributed by atoms with Crippen LogP contribution in [-0.4, -0.2) is 24.2 Å². The topological polar surface area (TPSA) is 49.3 Å². The number of hydrogen-bond donors (Lipinski definition) is 2. The van der Waals surface area contributed by atoms with Gasteiger partial charge in [0, 0.05) is 6.92 Å². The van der Waals surface area contributed by atoms with Gasteiger partial charge in [-0.2, -0.15) is 0 Å². The third-order valence-corrected chi connectivity index (χ3v) is 1.63. The average Bonchev–Trinajstić information content (AvgIpc) is 1.87. The van der Waals surface area contributed by atoms with Crippen LogP contribution in [0.2, 0.25) is 0 Å². The third-order valence-electron chi connectivity index (χ3n) is 1.63. The van der Waals surface area contributed by atoms with Crippen molar-refractivity contribution in [2.24, 2.45) is 5.92 Å². The molecule has 0 atom stereocenters. The SMILES string of the molecule is CC(=O)O.CC1CCNCC1. The highest BCUT2D eigenvalue weighted by atomic mass is 16.4. The molecule has 11 heavy (non-hydrogen) atoms. The number of hydrogen-bond acceptors (Lipinski definition) is 2. The number of rotatable bonds is 0. The molecular weight excluding hydrogens is 142 g/mol. The minimum atomic E-state index is -0.833. The number of piperidine rings is 1. The van der Waals surface area contributed by atoms with Gasteiger partial charge in [-0.3, -0.25) is 4.79 Å². The van der Waals surface area contributed by atoms with E-state index >= 15 is 0 Å². The van der Waals surface area contributed by atoms with E-state index in [0.717, 1.165) is 12.8 Å². The number of aliphatic carboxylic acids is 1. The van der Waals surface area contributed by atoms with Gasteiger partial charge in [-0.05, 0) is 31.8 Å². The fraction of sp³-hybridized carbons (Fsp3) is 0.875. The first-order valence-electron chi connectivity index (χ1n) is 4.03. The van der Waals surface area contributed by atoms with Gasteiger partial charge in [-0.1, -0.05) is 6.92 Å². The van der Waals surface area contributed by atoms with E-state index in [2.05, 4.69) is 12.2 Å². The maximum atomic E-state index is 9.00. The maximum absolute atomic E-state index is 9.00. The second kappa shape index (κ2) is 6.16. The molecule has 0 aromatic rings. The van der Waals surface area contributed by atoms with Crippen molar-refractivity contribution in [1.82, 2.24) is 5.32 Å². The fourth-order valence-corrected chi connectivity index (χ4v) is 0.966. The smallest absolute Gasteiger partial charge is 0.300 e. The molecule has 1 saturated heterocycles. The van der Waals surface area contributed by atoms with Crippen molar-refractivity contribution in [1.29, 1.82) is 0 Å². The second-order valence-corrected chi connectivity index (χ2v) is 2.95. The lowest BCUT2D eigenvalue weighted by atomic mass is 10.0. The molecule has 3 nitrogen and oxygen atoms in total. The van der Waals surface area contributed by atoms with E-state index in [-0.39, 0.29) is 0 Å². The molecule has 0 unspecified atom stereocenters. The van der Waals surface area contributed by atoms with Crippen LogP contribution in [0.5, 0.6) is 0 Å². The molecule has 0 radical (unpaired) electrons. The molecule has 0 saturated carbocycles. The number of carboxylic acid groups (broad SMARTS) is 1. The predicted molar refractivity (Wildman–Crippen MR) is 44.6 cm³/mol. The van der Waals surface area contributed by atoms with Gasteiger partial charge in [0.1, 0.15) is 0 Å². The number of carbonyl (C=O) groups is 1. The Morgan fingerprint density at radius 2 is 1.82 bits per heavy atom. The molecule has 1 heterocycles. The molecule has 1 fully saturated rings. The molecule has 0 spiro atoms. The maximum Gasteiger partial charge on any atom is 0.300 e. The zero-order valence-corrected chi connectivity index (χ0v) is 7.26.